The van der Waals surface area contributed by atoms with E-state index in [0.717, 1.165) is 21.8 Å². The summed E-state index contributed by atoms with van der Waals surface area (Å²) in [4.78, 5) is 20.7. The molecule has 1 aromatic carbocycles. The van der Waals surface area contributed by atoms with Crippen molar-refractivity contribution in [1.82, 2.24) is 19.7 Å². The van der Waals surface area contributed by atoms with Crippen LogP contribution in [0.1, 0.15) is 5.56 Å². The molecule has 2 aliphatic heterocycles. The average molecular weight is 549 g/mol. The maximum atomic E-state index is 15.0. The summed E-state index contributed by atoms with van der Waals surface area (Å²) in [6, 6.07) is 5.72. The number of amides is 2. The molecule has 2 aromatic heterocycles. The van der Waals surface area contributed by atoms with Gasteiger partial charge in [-0.2, -0.15) is 18.3 Å². The molecule has 1 atom stereocenters. The molecule has 4 heterocycles. The lowest BCUT2D eigenvalue weighted by Crippen LogP contribution is -2.52. The molecular weight excluding hydrogens is 520 g/mol. The Kier molecular flexibility index (Phi) is 7.45. The number of halogens is 4. The number of carbonyl (C=O) groups is 1. The first-order chi connectivity index (χ1) is 18.6. The van der Waals surface area contributed by atoms with Crippen LogP contribution in [-0.2, 0) is 16.5 Å². The standard InChI is InChI=1S/C26H28F4N6O3/c1-16-9-20(27)22(33-25(37)36-5-8-39-23(15-36)26(28,29)30)12-19(16)17-10-21(18-13-31-34(2)14-18)32-24(11-17)35-3-6-38-7-4-35/h9-14,23H,3-8,15H2,1-2H3,(H,33,37). The third-order valence-electron chi connectivity index (χ3n) is 6.73. The minimum absolute atomic E-state index is 0.0412. The van der Waals surface area contributed by atoms with Gasteiger partial charge in [-0.3, -0.25) is 4.68 Å². The van der Waals surface area contributed by atoms with E-state index in [1.54, 1.807) is 24.9 Å². The molecule has 9 nitrogen and oxygen atoms in total. The summed E-state index contributed by atoms with van der Waals surface area (Å²) in [5.41, 5.74) is 3.33. The highest BCUT2D eigenvalue weighted by Gasteiger charge is 2.44. The normalized spacial score (nSPS) is 18.4. The molecule has 2 saturated heterocycles. The Labute approximate surface area is 222 Å². The minimum Gasteiger partial charge on any atom is -0.378 e. The van der Waals surface area contributed by atoms with Crippen molar-refractivity contribution < 1.29 is 31.8 Å². The minimum atomic E-state index is -4.60. The van der Waals surface area contributed by atoms with Crippen LogP contribution in [0.15, 0.2) is 36.7 Å². The molecule has 2 amide bonds. The van der Waals surface area contributed by atoms with Crippen LogP contribution in [-0.4, -0.2) is 84.0 Å². The van der Waals surface area contributed by atoms with Crippen LogP contribution < -0.4 is 10.2 Å². The number of benzene rings is 1. The molecule has 2 aliphatic rings. The summed E-state index contributed by atoms with van der Waals surface area (Å²) < 4.78 is 66.2. The number of aryl methyl sites for hydroxylation is 2. The quantitative estimate of drug-likeness (QED) is 0.492. The second-order valence-corrected chi connectivity index (χ2v) is 9.53. The van der Waals surface area contributed by atoms with Gasteiger partial charge >= 0.3 is 12.2 Å². The molecule has 5 rings (SSSR count). The van der Waals surface area contributed by atoms with E-state index >= 15 is 0 Å². The van der Waals surface area contributed by atoms with E-state index in [-0.39, 0.29) is 18.8 Å². The molecule has 208 valence electrons. The summed E-state index contributed by atoms with van der Waals surface area (Å²) in [6.45, 7) is 3.22. The number of hydrogen-bond donors (Lipinski definition) is 1. The fourth-order valence-electron chi connectivity index (χ4n) is 4.63. The van der Waals surface area contributed by atoms with Crippen molar-refractivity contribution in [2.75, 3.05) is 56.2 Å². The van der Waals surface area contributed by atoms with Crippen LogP contribution in [0.5, 0.6) is 0 Å². The molecule has 0 saturated carbocycles. The highest BCUT2D eigenvalue weighted by Crippen LogP contribution is 2.34. The molecule has 1 unspecified atom stereocenters. The zero-order chi connectivity index (χ0) is 27.7. The first-order valence-corrected chi connectivity index (χ1v) is 12.5. The lowest BCUT2D eigenvalue weighted by molar-refractivity contribution is -0.233. The van der Waals surface area contributed by atoms with E-state index < -0.39 is 30.7 Å². The zero-order valence-corrected chi connectivity index (χ0v) is 21.5. The predicted octanol–water partition coefficient (Wildman–Crippen LogP) is 4.23. The van der Waals surface area contributed by atoms with Crippen LogP contribution in [0.4, 0.5) is 33.9 Å². The van der Waals surface area contributed by atoms with Crippen molar-refractivity contribution in [2.45, 2.75) is 19.2 Å². The summed E-state index contributed by atoms with van der Waals surface area (Å²) in [5.74, 6) is 0.0237. The molecule has 0 spiro atoms. The van der Waals surface area contributed by atoms with E-state index in [4.69, 9.17) is 14.5 Å². The number of nitrogens with one attached hydrogen (secondary N) is 1. The van der Waals surface area contributed by atoms with Gasteiger partial charge in [0, 0.05) is 38.4 Å². The Bertz CT molecular complexity index is 1360. The molecule has 0 aliphatic carbocycles. The Balaban J connectivity index is 1.48. The van der Waals surface area contributed by atoms with Crippen LogP contribution >= 0.6 is 0 Å². The van der Waals surface area contributed by atoms with Crippen molar-refractivity contribution in [3.8, 4) is 22.4 Å². The van der Waals surface area contributed by atoms with Crippen LogP contribution in [0.25, 0.3) is 22.4 Å². The summed E-state index contributed by atoms with van der Waals surface area (Å²) in [6.07, 6.45) is -3.15. The predicted molar refractivity (Wildman–Crippen MR) is 136 cm³/mol. The molecule has 2 fully saturated rings. The number of hydrogen-bond acceptors (Lipinski definition) is 6. The number of nitrogens with zero attached hydrogens (tertiary/aromatic N) is 5. The molecule has 0 bridgehead atoms. The van der Waals surface area contributed by atoms with E-state index in [0.29, 0.717) is 43.1 Å². The van der Waals surface area contributed by atoms with Crippen molar-refractivity contribution in [3.05, 3.63) is 48.0 Å². The number of carbonyl (C=O) groups excluding carboxylic acids is 1. The zero-order valence-electron chi connectivity index (χ0n) is 21.5. The number of anilines is 2. The second kappa shape index (κ2) is 10.8. The van der Waals surface area contributed by atoms with Gasteiger partial charge in [0.05, 0.1) is 43.9 Å². The first-order valence-electron chi connectivity index (χ1n) is 12.5. The third kappa shape index (κ3) is 5.98. The summed E-state index contributed by atoms with van der Waals surface area (Å²) >= 11 is 0. The van der Waals surface area contributed by atoms with Gasteiger partial charge in [-0.05, 0) is 47.9 Å². The molecule has 0 radical (unpaired) electrons. The van der Waals surface area contributed by atoms with Gasteiger partial charge in [0.25, 0.3) is 0 Å². The smallest absolute Gasteiger partial charge is 0.378 e. The first kappa shape index (κ1) is 26.9. The van der Waals surface area contributed by atoms with Crippen molar-refractivity contribution in [3.63, 3.8) is 0 Å². The number of ether oxygens (including phenoxy) is 2. The van der Waals surface area contributed by atoms with Gasteiger partial charge < -0.3 is 24.6 Å². The van der Waals surface area contributed by atoms with Crippen molar-refractivity contribution >= 4 is 17.5 Å². The monoisotopic (exact) mass is 548 g/mol. The topological polar surface area (TPSA) is 84.8 Å². The Morgan fingerprint density at radius 3 is 2.54 bits per heavy atom. The van der Waals surface area contributed by atoms with Gasteiger partial charge in [-0.25, -0.2) is 14.2 Å². The van der Waals surface area contributed by atoms with Gasteiger partial charge in [-0.1, -0.05) is 0 Å². The molecule has 3 aromatic rings. The van der Waals surface area contributed by atoms with Crippen LogP contribution in [0.3, 0.4) is 0 Å². The van der Waals surface area contributed by atoms with Crippen LogP contribution in [0, 0.1) is 12.7 Å². The largest absolute Gasteiger partial charge is 0.416 e. The van der Waals surface area contributed by atoms with Crippen molar-refractivity contribution in [1.29, 1.82) is 0 Å². The Morgan fingerprint density at radius 1 is 1.08 bits per heavy atom. The van der Waals surface area contributed by atoms with Gasteiger partial charge in [-0.15, -0.1) is 0 Å². The third-order valence-corrected chi connectivity index (χ3v) is 6.73. The number of rotatable bonds is 4. The Morgan fingerprint density at radius 2 is 1.85 bits per heavy atom. The molecule has 13 heteroatoms. The molecular formula is C26H28F4N6O3. The average Bonchev–Trinajstić information content (AvgIpc) is 3.36. The second-order valence-electron chi connectivity index (χ2n) is 9.53. The molecule has 1 N–H and O–H groups in total. The van der Waals surface area contributed by atoms with E-state index in [2.05, 4.69) is 15.3 Å². The fourth-order valence-corrected chi connectivity index (χ4v) is 4.63. The van der Waals surface area contributed by atoms with Crippen LogP contribution in [0.2, 0.25) is 0 Å². The van der Waals surface area contributed by atoms with Gasteiger partial charge in [0.2, 0.25) is 0 Å². The van der Waals surface area contributed by atoms with Gasteiger partial charge in [0.15, 0.2) is 6.10 Å². The van der Waals surface area contributed by atoms with Crippen molar-refractivity contribution in [2.24, 2.45) is 7.05 Å². The SMILES string of the molecule is Cc1cc(F)c(NC(=O)N2CCOC(C(F)(F)F)C2)cc1-c1cc(-c2cnn(C)c2)nc(N2CCOCC2)c1. The Hall–Kier alpha value is -3.71. The van der Waals surface area contributed by atoms with E-state index in [1.165, 1.54) is 12.1 Å². The van der Waals surface area contributed by atoms with E-state index in [1.807, 2.05) is 18.3 Å². The summed E-state index contributed by atoms with van der Waals surface area (Å²) in [5, 5.41) is 6.69. The maximum absolute atomic E-state index is 15.0. The molecule has 39 heavy (non-hydrogen) atoms. The maximum Gasteiger partial charge on any atom is 0.416 e. The lowest BCUT2D eigenvalue weighted by Gasteiger charge is -2.33. The summed E-state index contributed by atoms with van der Waals surface area (Å²) in [7, 11) is 1.81. The number of urea groups is 1. The van der Waals surface area contributed by atoms with Gasteiger partial charge in [0.1, 0.15) is 11.6 Å². The number of aromatic nitrogens is 3. The number of pyridine rings is 1. The highest BCUT2D eigenvalue weighted by atomic mass is 19.4. The number of morpholine rings is 2. The number of alkyl halides is 3. The fraction of sp³-hybridized carbons (Fsp3) is 0.423. The lowest BCUT2D eigenvalue weighted by atomic mass is 9.98. The van der Waals surface area contributed by atoms with E-state index in [9.17, 15) is 22.4 Å². The highest BCUT2D eigenvalue weighted by molar-refractivity contribution is 5.91.